The smallest absolute Gasteiger partial charge is 0.350 e. The number of esters is 1. The van der Waals surface area contributed by atoms with Crippen LogP contribution >= 0.6 is 11.3 Å². The molecule has 0 radical (unpaired) electrons. The van der Waals surface area contributed by atoms with Crippen molar-refractivity contribution < 1.29 is 9.53 Å². The van der Waals surface area contributed by atoms with Crippen LogP contribution in [0.2, 0.25) is 0 Å². The molecule has 1 aliphatic rings. The topological polar surface area (TPSA) is 51.2 Å². The second kappa shape index (κ2) is 6.37. The zero-order valence-corrected chi connectivity index (χ0v) is 12.7. The van der Waals surface area contributed by atoms with E-state index in [0.717, 1.165) is 10.8 Å². The number of hydrogen-bond acceptors (Lipinski definition) is 5. The van der Waals surface area contributed by atoms with Gasteiger partial charge in [0.1, 0.15) is 4.88 Å². The molecular weight excluding hydrogens is 260 g/mol. The van der Waals surface area contributed by atoms with Gasteiger partial charge in [0, 0.05) is 6.04 Å². The van der Waals surface area contributed by atoms with Crippen molar-refractivity contribution in [3.8, 4) is 0 Å². The molecule has 2 rings (SSSR count). The minimum atomic E-state index is -0.294. The lowest BCUT2D eigenvalue weighted by atomic mass is 9.97. The Morgan fingerprint density at radius 2 is 2.11 bits per heavy atom. The van der Waals surface area contributed by atoms with Gasteiger partial charge in [-0.2, -0.15) is 0 Å². The van der Waals surface area contributed by atoms with E-state index in [4.69, 9.17) is 4.74 Å². The Bertz CT molecular complexity index is 445. The first kappa shape index (κ1) is 14.3. The normalized spacial score (nSPS) is 23.7. The number of thiazole rings is 1. The Kier molecular flexibility index (Phi) is 4.80. The van der Waals surface area contributed by atoms with Gasteiger partial charge in [-0.3, -0.25) is 0 Å². The van der Waals surface area contributed by atoms with Crippen LogP contribution in [-0.4, -0.2) is 24.1 Å². The number of aryl methyl sites for hydroxylation is 1. The summed E-state index contributed by atoms with van der Waals surface area (Å²) in [5.41, 5.74) is 0.751. The van der Waals surface area contributed by atoms with Crippen LogP contribution in [0.1, 0.15) is 54.4 Å². The minimum absolute atomic E-state index is 0.294. The number of nitrogens with zero attached hydrogens (tertiary/aromatic N) is 1. The van der Waals surface area contributed by atoms with Gasteiger partial charge in [0.25, 0.3) is 0 Å². The van der Waals surface area contributed by atoms with E-state index in [9.17, 15) is 4.79 Å². The molecule has 0 spiro atoms. The zero-order valence-electron chi connectivity index (χ0n) is 11.9. The van der Waals surface area contributed by atoms with E-state index in [0.29, 0.717) is 16.8 Å². The van der Waals surface area contributed by atoms with Crippen LogP contribution in [0, 0.1) is 12.8 Å². The van der Waals surface area contributed by atoms with E-state index in [1.807, 2.05) is 6.92 Å². The van der Waals surface area contributed by atoms with E-state index in [1.54, 1.807) is 0 Å². The van der Waals surface area contributed by atoms with Crippen LogP contribution in [0.3, 0.4) is 0 Å². The van der Waals surface area contributed by atoms with Crippen molar-refractivity contribution in [2.75, 3.05) is 12.4 Å². The lowest BCUT2D eigenvalue weighted by molar-refractivity contribution is 0.0605. The van der Waals surface area contributed by atoms with E-state index in [-0.39, 0.29) is 5.97 Å². The van der Waals surface area contributed by atoms with Gasteiger partial charge in [0.2, 0.25) is 0 Å². The van der Waals surface area contributed by atoms with E-state index < -0.39 is 0 Å². The second-order valence-electron chi connectivity index (χ2n) is 5.29. The standard InChI is InChI=1S/C14H22N2O2S/c1-9-7-5-4-6-8-11(9)16-14-15-10(2)12(19-14)13(17)18-3/h9,11H,4-8H2,1-3H3,(H,15,16). The van der Waals surface area contributed by atoms with Gasteiger partial charge < -0.3 is 10.1 Å². The fourth-order valence-electron chi connectivity index (χ4n) is 2.61. The summed E-state index contributed by atoms with van der Waals surface area (Å²) in [6.07, 6.45) is 6.38. The molecule has 0 bridgehead atoms. The maximum absolute atomic E-state index is 11.6. The van der Waals surface area contributed by atoms with Crippen LogP contribution in [0.25, 0.3) is 0 Å². The summed E-state index contributed by atoms with van der Waals surface area (Å²) >= 11 is 1.40. The summed E-state index contributed by atoms with van der Waals surface area (Å²) in [5, 5.41) is 4.35. The molecule has 0 aromatic carbocycles. The molecule has 1 fully saturated rings. The predicted octanol–water partition coefficient (Wildman–Crippen LogP) is 3.62. The molecule has 106 valence electrons. The van der Waals surface area contributed by atoms with E-state index >= 15 is 0 Å². The van der Waals surface area contributed by atoms with Crippen molar-refractivity contribution in [1.29, 1.82) is 0 Å². The maximum Gasteiger partial charge on any atom is 0.350 e. The Morgan fingerprint density at radius 1 is 1.37 bits per heavy atom. The van der Waals surface area contributed by atoms with E-state index in [2.05, 4.69) is 17.2 Å². The molecule has 19 heavy (non-hydrogen) atoms. The molecule has 1 aromatic heterocycles. The number of aromatic nitrogens is 1. The van der Waals surface area contributed by atoms with Crippen molar-refractivity contribution in [3.63, 3.8) is 0 Å². The molecule has 0 aliphatic heterocycles. The molecule has 1 aliphatic carbocycles. The molecule has 2 atom stereocenters. The molecule has 1 heterocycles. The van der Waals surface area contributed by atoms with Gasteiger partial charge in [0.05, 0.1) is 12.8 Å². The van der Waals surface area contributed by atoms with Gasteiger partial charge in [-0.1, -0.05) is 37.5 Å². The molecule has 1 aromatic rings. The summed E-state index contributed by atoms with van der Waals surface area (Å²) in [7, 11) is 1.40. The molecular formula is C14H22N2O2S. The predicted molar refractivity (Wildman–Crippen MR) is 77.9 cm³/mol. The van der Waals surface area contributed by atoms with Gasteiger partial charge >= 0.3 is 5.97 Å². The molecule has 0 saturated heterocycles. The van der Waals surface area contributed by atoms with Crippen molar-refractivity contribution in [2.24, 2.45) is 5.92 Å². The lowest BCUT2D eigenvalue weighted by Crippen LogP contribution is -2.26. The average Bonchev–Trinajstić information content (AvgIpc) is 2.64. The van der Waals surface area contributed by atoms with Crippen LogP contribution in [0.5, 0.6) is 0 Å². The number of methoxy groups -OCH3 is 1. The average molecular weight is 282 g/mol. The third-order valence-corrected chi connectivity index (χ3v) is 4.91. The number of carbonyl (C=O) groups is 1. The monoisotopic (exact) mass is 282 g/mol. The van der Waals surface area contributed by atoms with Crippen LogP contribution in [0.4, 0.5) is 5.13 Å². The zero-order chi connectivity index (χ0) is 13.8. The molecule has 1 N–H and O–H groups in total. The SMILES string of the molecule is COC(=O)c1sc(NC2CCCCCC2C)nc1C. The lowest BCUT2D eigenvalue weighted by Gasteiger charge is -2.22. The van der Waals surface area contributed by atoms with Gasteiger partial charge in [-0.15, -0.1) is 0 Å². The highest BCUT2D eigenvalue weighted by atomic mass is 32.1. The molecule has 4 nitrogen and oxygen atoms in total. The maximum atomic E-state index is 11.6. The summed E-state index contributed by atoms with van der Waals surface area (Å²) in [6, 6.07) is 0.471. The fourth-order valence-corrected chi connectivity index (χ4v) is 3.55. The summed E-state index contributed by atoms with van der Waals surface area (Å²) in [6.45, 7) is 4.15. The van der Waals surface area contributed by atoms with Gasteiger partial charge in [-0.25, -0.2) is 9.78 Å². The summed E-state index contributed by atoms with van der Waals surface area (Å²) in [5.74, 6) is 0.366. The Hall–Kier alpha value is -1.10. The Morgan fingerprint density at radius 3 is 2.84 bits per heavy atom. The Balaban J connectivity index is 2.08. The summed E-state index contributed by atoms with van der Waals surface area (Å²) in [4.78, 5) is 16.6. The first-order chi connectivity index (χ1) is 9.11. The van der Waals surface area contributed by atoms with Gasteiger partial charge in [-0.05, 0) is 25.7 Å². The highest BCUT2D eigenvalue weighted by Gasteiger charge is 2.22. The highest BCUT2D eigenvalue weighted by molar-refractivity contribution is 7.17. The molecule has 2 unspecified atom stereocenters. The van der Waals surface area contributed by atoms with Crippen LogP contribution in [-0.2, 0) is 4.74 Å². The fraction of sp³-hybridized carbons (Fsp3) is 0.714. The molecule has 5 heteroatoms. The quantitative estimate of drug-likeness (QED) is 0.679. The van der Waals surface area contributed by atoms with Crippen molar-refractivity contribution in [1.82, 2.24) is 4.98 Å². The minimum Gasteiger partial charge on any atom is -0.465 e. The van der Waals surface area contributed by atoms with Crippen molar-refractivity contribution >= 4 is 22.4 Å². The van der Waals surface area contributed by atoms with Crippen molar-refractivity contribution in [2.45, 2.75) is 52.0 Å². The number of hydrogen-bond donors (Lipinski definition) is 1. The number of nitrogens with one attached hydrogen (secondary N) is 1. The first-order valence-corrected chi connectivity index (χ1v) is 7.75. The number of anilines is 1. The number of carbonyl (C=O) groups excluding carboxylic acids is 1. The molecule has 0 amide bonds. The molecule has 1 saturated carbocycles. The van der Waals surface area contributed by atoms with Gasteiger partial charge in [0.15, 0.2) is 5.13 Å². The Labute approximate surface area is 118 Å². The van der Waals surface area contributed by atoms with E-state index in [1.165, 1.54) is 50.6 Å². The third-order valence-electron chi connectivity index (χ3n) is 3.84. The number of ether oxygens (including phenoxy) is 1. The second-order valence-corrected chi connectivity index (χ2v) is 6.29. The largest absolute Gasteiger partial charge is 0.465 e. The first-order valence-electron chi connectivity index (χ1n) is 6.94. The van der Waals surface area contributed by atoms with Crippen LogP contribution < -0.4 is 5.32 Å². The summed E-state index contributed by atoms with van der Waals surface area (Å²) < 4.78 is 4.77. The van der Waals surface area contributed by atoms with Crippen LogP contribution in [0.15, 0.2) is 0 Å². The highest BCUT2D eigenvalue weighted by Crippen LogP contribution is 2.29. The van der Waals surface area contributed by atoms with Crippen molar-refractivity contribution in [3.05, 3.63) is 10.6 Å². The third kappa shape index (κ3) is 3.47. The number of rotatable bonds is 3.